The first-order valence-electron chi connectivity index (χ1n) is 12.5. The molecule has 6 nitrogen and oxygen atoms in total. The SMILES string of the molecule is Cc1cc(-c2nc(-c3ccc4c(c3)CN(C3CC(C(=O)O)C3)C4)no2)ccc1-c1cccc(F)c1C(F)(F)F. The van der Waals surface area contributed by atoms with E-state index in [0.717, 1.165) is 30.3 Å². The molecule has 2 aliphatic rings. The fourth-order valence-electron chi connectivity index (χ4n) is 5.50. The molecule has 1 N–H and O–H groups in total. The maximum absolute atomic E-state index is 14.1. The molecule has 0 atom stereocenters. The Morgan fingerprint density at radius 1 is 1.00 bits per heavy atom. The van der Waals surface area contributed by atoms with Gasteiger partial charge in [0.1, 0.15) is 5.82 Å². The third-order valence-corrected chi connectivity index (χ3v) is 7.68. The van der Waals surface area contributed by atoms with Crippen molar-refractivity contribution in [1.82, 2.24) is 15.0 Å². The summed E-state index contributed by atoms with van der Waals surface area (Å²) in [6, 6.07) is 14.2. The maximum atomic E-state index is 14.1. The van der Waals surface area contributed by atoms with Gasteiger partial charge in [-0.3, -0.25) is 9.69 Å². The summed E-state index contributed by atoms with van der Waals surface area (Å²) in [5.41, 5.74) is 2.85. The van der Waals surface area contributed by atoms with E-state index in [4.69, 9.17) is 9.63 Å². The smallest absolute Gasteiger partial charge is 0.419 e. The standard InChI is InChI=1S/C29H23F4N3O3/c1-15-9-17(7-8-22(15)23-3-2-4-24(30)25(23)29(31,32)33)27-34-26(35-39-27)16-5-6-18-13-36(14-20(18)10-16)21-11-19(12-21)28(37)38/h2-10,19,21H,11-14H2,1H3,(H,37,38). The van der Waals surface area contributed by atoms with Crippen molar-refractivity contribution in [2.24, 2.45) is 5.92 Å². The molecule has 3 aromatic carbocycles. The predicted octanol–water partition coefficient (Wildman–Crippen LogP) is 6.72. The summed E-state index contributed by atoms with van der Waals surface area (Å²) >= 11 is 0. The van der Waals surface area contributed by atoms with Gasteiger partial charge >= 0.3 is 12.1 Å². The zero-order chi connectivity index (χ0) is 27.5. The third-order valence-electron chi connectivity index (χ3n) is 7.68. The summed E-state index contributed by atoms with van der Waals surface area (Å²) < 4.78 is 60.2. The van der Waals surface area contributed by atoms with Gasteiger partial charge in [0.2, 0.25) is 5.82 Å². The Kier molecular flexibility index (Phi) is 6.02. The van der Waals surface area contributed by atoms with Gasteiger partial charge in [0, 0.05) is 30.3 Å². The molecule has 39 heavy (non-hydrogen) atoms. The summed E-state index contributed by atoms with van der Waals surface area (Å²) in [4.78, 5) is 17.9. The maximum Gasteiger partial charge on any atom is 0.419 e. The van der Waals surface area contributed by atoms with Crippen molar-refractivity contribution in [3.05, 3.63) is 82.7 Å². The molecule has 0 saturated heterocycles. The highest BCUT2D eigenvalue weighted by Gasteiger charge is 2.40. The molecule has 200 valence electrons. The highest BCUT2D eigenvalue weighted by molar-refractivity contribution is 5.75. The van der Waals surface area contributed by atoms with Gasteiger partial charge in [0.05, 0.1) is 11.5 Å². The first-order chi connectivity index (χ1) is 18.6. The van der Waals surface area contributed by atoms with Crippen LogP contribution in [0.4, 0.5) is 17.6 Å². The molecule has 0 unspecified atom stereocenters. The summed E-state index contributed by atoms with van der Waals surface area (Å²) in [5, 5.41) is 13.3. The van der Waals surface area contributed by atoms with Gasteiger partial charge in [-0.2, -0.15) is 18.2 Å². The van der Waals surface area contributed by atoms with Gasteiger partial charge in [0.25, 0.3) is 5.89 Å². The van der Waals surface area contributed by atoms with E-state index in [-0.39, 0.29) is 29.0 Å². The predicted molar refractivity (Wildman–Crippen MR) is 134 cm³/mol. The highest BCUT2D eigenvalue weighted by atomic mass is 19.4. The topological polar surface area (TPSA) is 79.5 Å². The van der Waals surface area contributed by atoms with E-state index in [9.17, 15) is 22.4 Å². The van der Waals surface area contributed by atoms with Crippen molar-refractivity contribution in [2.75, 3.05) is 0 Å². The molecule has 0 radical (unpaired) electrons. The van der Waals surface area contributed by atoms with E-state index < -0.39 is 23.5 Å². The number of aryl methyl sites for hydroxylation is 1. The van der Waals surface area contributed by atoms with Gasteiger partial charge in [-0.25, -0.2) is 4.39 Å². The number of benzene rings is 3. The highest BCUT2D eigenvalue weighted by Crippen LogP contribution is 2.41. The van der Waals surface area contributed by atoms with Gasteiger partial charge in [-0.15, -0.1) is 0 Å². The molecule has 1 aliphatic heterocycles. The Morgan fingerprint density at radius 2 is 1.74 bits per heavy atom. The number of halogens is 4. The molecular weight excluding hydrogens is 514 g/mol. The van der Waals surface area contributed by atoms with Gasteiger partial charge < -0.3 is 9.63 Å². The van der Waals surface area contributed by atoms with E-state index in [0.29, 0.717) is 29.8 Å². The number of carboxylic acid groups (broad SMARTS) is 1. The van der Waals surface area contributed by atoms with Crippen LogP contribution < -0.4 is 0 Å². The van der Waals surface area contributed by atoms with Crippen LogP contribution in [-0.4, -0.2) is 32.2 Å². The Hall–Kier alpha value is -4.05. The van der Waals surface area contributed by atoms with Crippen LogP contribution in [0.5, 0.6) is 0 Å². The minimum atomic E-state index is -4.83. The lowest BCUT2D eigenvalue weighted by Gasteiger charge is -2.39. The molecule has 1 saturated carbocycles. The van der Waals surface area contributed by atoms with Crippen molar-refractivity contribution >= 4 is 5.97 Å². The molecule has 6 rings (SSSR count). The van der Waals surface area contributed by atoms with E-state index in [1.165, 1.54) is 23.8 Å². The molecule has 10 heteroatoms. The first-order valence-corrected chi connectivity index (χ1v) is 12.5. The number of aliphatic carboxylic acids is 1. The van der Waals surface area contributed by atoms with Gasteiger partial charge in [0.15, 0.2) is 0 Å². The lowest BCUT2D eigenvalue weighted by atomic mass is 9.79. The number of carboxylic acids is 1. The van der Waals surface area contributed by atoms with Crippen molar-refractivity contribution < 1.29 is 32.0 Å². The van der Waals surface area contributed by atoms with Crippen LogP contribution >= 0.6 is 0 Å². The summed E-state index contributed by atoms with van der Waals surface area (Å²) in [5.74, 6) is -1.72. The lowest BCUT2D eigenvalue weighted by Crippen LogP contribution is -2.44. The molecular formula is C29H23F4N3O3. The van der Waals surface area contributed by atoms with Gasteiger partial charge in [-0.1, -0.05) is 35.5 Å². The zero-order valence-corrected chi connectivity index (χ0v) is 20.8. The molecule has 2 heterocycles. The number of aromatic nitrogens is 2. The van der Waals surface area contributed by atoms with Crippen LogP contribution in [0.2, 0.25) is 0 Å². The van der Waals surface area contributed by atoms with Crippen molar-refractivity contribution in [1.29, 1.82) is 0 Å². The second-order valence-corrected chi connectivity index (χ2v) is 10.2. The van der Waals surface area contributed by atoms with Gasteiger partial charge in [-0.05, 0) is 71.8 Å². The summed E-state index contributed by atoms with van der Waals surface area (Å²) in [6.45, 7) is 3.15. The fraction of sp³-hybridized carbons (Fsp3) is 0.276. The normalized spacial score (nSPS) is 19.1. The molecule has 1 aliphatic carbocycles. The van der Waals surface area contributed by atoms with Crippen LogP contribution in [0, 0.1) is 18.7 Å². The summed E-state index contributed by atoms with van der Waals surface area (Å²) in [6.07, 6.45) is -3.50. The monoisotopic (exact) mass is 537 g/mol. The zero-order valence-electron chi connectivity index (χ0n) is 20.8. The number of hydrogen-bond donors (Lipinski definition) is 1. The van der Waals surface area contributed by atoms with Crippen LogP contribution in [0.1, 0.15) is 35.1 Å². The first kappa shape index (κ1) is 25.2. The quantitative estimate of drug-likeness (QED) is 0.285. The van der Waals surface area contributed by atoms with E-state index in [1.807, 2.05) is 18.2 Å². The molecule has 0 amide bonds. The van der Waals surface area contributed by atoms with Crippen LogP contribution in [0.25, 0.3) is 34.0 Å². The minimum absolute atomic E-state index is 0.214. The van der Waals surface area contributed by atoms with Crippen molar-refractivity contribution in [3.63, 3.8) is 0 Å². The summed E-state index contributed by atoms with van der Waals surface area (Å²) in [7, 11) is 0. The number of carbonyl (C=O) groups is 1. The largest absolute Gasteiger partial charge is 0.481 e. The second kappa shape index (κ2) is 9.30. The molecule has 0 spiro atoms. The molecule has 0 bridgehead atoms. The number of nitrogens with zero attached hydrogens (tertiary/aromatic N) is 3. The Bertz CT molecular complexity index is 1590. The Balaban J connectivity index is 1.22. The molecule has 1 aromatic heterocycles. The molecule has 4 aromatic rings. The average Bonchev–Trinajstić information content (AvgIpc) is 3.49. The van der Waals surface area contributed by atoms with Crippen LogP contribution in [0.15, 0.2) is 59.1 Å². The number of fused-ring (bicyclic) bond motifs is 1. The Morgan fingerprint density at radius 3 is 2.46 bits per heavy atom. The Labute approximate surface area is 220 Å². The number of rotatable bonds is 5. The third kappa shape index (κ3) is 4.58. The molecule has 1 fully saturated rings. The van der Waals surface area contributed by atoms with E-state index in [1.54, 1.807) is 19.1 Å². The van der Waals surface area contributed by atoms with Crippen molar-refractivity contribution in [2.45, 2.75) is 45.1 Å². The fourth-order valence-corrected chi connectivity index (χ4v) is 5.50. The number of hydrogen-bond acceptors (Lipinski definition) is 5. The van der Waals surface area contributed by atoms with E-state index in [2.05, 4.69) is 15.0 Å². The average molecular weight is 538 g/mol. The second-order valence-electron chi connectivity index (χ2n) is 10.2. The van der Waals surface area contributed by atoms with Crippen molar-refractivity contribution in [3.8, 4) is 34.0 Å². The minimum Gasteiger partial charge on any atom is -0.481 e. The lowest BCUT2D eigenvalue weighted by molar-refractivity contribution is -0.147. The van der Waals surface area contributed by atoms with E-state index >= 15 is 0 Å². The number of alkyl halides is 3. The van der Waals surface area contributed by atoms with Crippen LogP contribution in [0.3, 0.4) is 0 Å². The van der Waals surface area contributed by atoms with Crippen LogP contribution in [-0.2, 0) is 24.1 Å².